The van der Waals surface area contributed by atoms with Gasteiger partial charge in [-0.3, -0.25) is 9.98 Å². The molecule has 2 heterocycles. The second kappa shape index (κ2) is 8.04. The number of aromatic nitrogens is 1. The van der Waals surface area contributed by atoms with Gasteiger partial charge in [-0.15, -0.1) is 0 Å². The predicted octanol–water partition coefficient (Wildman–Crippen LogP) is 2.95. The van der Waals surface area contributed by atoms with Gasteiger partial charge < -0.3 is 10.2 Å². The van der Waals surface area contributed by atoms with Crippen molar-refractivity contribution in [2.45, 2.75) is 43.3 Å². The van der Waals surface area contributed by atoms with E-state index >= 15 is 0 Å². The Morgan fingerprint density at radius 1 is 1.35 bits per heavy atom. The second-order valence-electron chi connectivity index (χ2n) is 6.56. The number of aliphatic imine (C=N–C) groups is 1. The highest BCUT2D eigenvalue weighted by Crippen LogP contribution is 2.42. The first-order chi connectivity index (χ1) is 11.3. The summed E-state index contributed by atoms with van der Waals surface area (Å²) in [6.45, 7) is 3.15. The summed E-state index contributed by atoms with van der Waals surface area (Å²) in [4.78, 5) is 11.4. The third-order valence-electron chi connectivity index (χ3n) is 4.91. The molecule has 1 saturated carbocycles. The first kappa shape index (κ1) is 16.6. The van der Waals surface area contributed by atoms with Crippen LogP contribution < -0.4 is 5.32 Å². The number of nitrogens with one attached hydrogen (secondary N) is 1. The molecule has 1 N–H and O–H groups in total. The van der Waals surface area contributed by atoms with Crippen molar-refractivity contribution < 1.29 is 0 Å². The summed E-state index contributed by atoms with van der Waals surface area (Å²) >= 11 is 2.20. The van der Waals surface area contributed by atoms with E-state index in [2.05, 4.69) is 38.0 Å². The van der Waals surface area contributed by atoms with E-state index < -0.39 is 0 Å². The Balaban J connectivity index is 1.53. The van der Waals surface area contributed by atoms with Gasteiger partial charge in [0.05, 0.1) is 0 Å². The summed E-state index contributed by atoms with van der Waals surface area (Å²) in [5.41, 5.74) is 1.13. The molecule has 0 radical (unpaired) electrons. The number of pyridine rings is 1. The maximum atomic E-state index is 4.52. The minimum absolute atomic E-state index is 0.481. The van der Waals surface area contributed by atoms with Crippen LogP contribution in [0.25, 0.3) is 0 Å². The molecular formula is C18H28N4S. The minimum atomic E-state index is 0.481. The molecule has 5 heteroatoms. The first-order valence-corrected chi connectivity index (χ1v) is 9.79. The molecule has 1 aromatic rings. The standard InChI is InChI=1S/C18H28N4S/c1-19-17(21-12-8-16-7-3-6-11-20-16)22-13-14-23-18(15-22)9-4-2-5-10-18/h3,6-7,11H,2,4-5,8-10,12-15H2,1H3,(H,19,21). The molecule has 126 valence electrons. The van der Waals surface area contributed by atoms with E-state index in [4.69, 9.17) is 0 Å². The van der Waals surface area contributed by atoms with Crippen LogP contribution in [-0.4, -0.2) is 53.0 Å². The van der Waals surface area contributed by atoms with Gasteiger partial charge in [-0.05, 0) is 25.0 Å². The van der Waals surface area contributed by atoms with Crippen LogP contribution in [-0.2, 0) is 6.42 Å². The van der Waals surface area contributed by atoms with E-state index in [-0.39, 0.29) is 0 Å². The first-order valence-electron chi connectivity index (χ1n) is 8.81. The molecule has 1 spiro atoms. The fourth-order valence-electron chi connectivity index (χ4n) is 3.70. The zero-order valence-electron chi connectivity index (χ0n) is 14.1. The van der Waals surface area contributed by atoms with E-state index in [0.29, 0.717) is 4.75 Å². The van der Waals surface area contributed by atoms with Crippen LogP contribution in [0.1, 0.15) is 37.8 Å². The lowest BCUT2D eigenvalue weighted by Gasteiger charge is -2.45. The van der Waals surface area contributed by atoms with Gasteiger partial charge in [0.2, 0.25) is 0 Å². The average molecular weight is 333 g/mol. The third kappa shape index (κ3) is 4.40. The topological polar surface area (TPSA) is 40.5 Å². The molecule has 0 bridgehead atoms. The van der Waals surface area contributed by atoms with Gasteiger partial charge in [0, 0.05) is 55.5 Å². The summed E-state index contributed by atoms with van der Waals surface area (Å²) in [5, 5.41) is 3.54. The van der Waals surface area contributed by atoms with Crippen molar-refractivity contribution in [1.82, 2.24) is 15.2 Å². The van der Waals surface area contributed by atoms with E-state index in [0.717, 1.165) is 37.7 Å². The van der Waals surface area contributed by atoms with E-state index in [1.807, 2.05) is 25.4 Å². The molecule has 2 aliphatic rings. The Labute approximate surface area is 144 Å². The van der Waals surface area contributed by atoms with Crippen molar-refractivity contribution in [2.75, 3.05) is 32.4 Å². The molecule has 1 aliphatic carbocycles. The number of guanidine groups is 1. The Kier molecular flexibility index (Phi) is 5.81. The lowest BCUT2D eigenvalue weighted by molar-refractivity contribution is 0.293. The van der Waals surface area contributed by atoms with Gasteiger partial charge in [-0.2, -0.15) is 11.8 Å². The van der Waals surface area contributed by atoms with Crippen molar-refractivity contribution in [3.05, 3.63) is 30.1 Å². The number of hydrogen-bond acceptors (Lipinski definition) is 3. The molecule has 0 aromatic carbocycles. The van der Waals surface area contributed by atoms with Crippen molar-refractivity contribution >= 4 is 17.7 Å². The fourth-order valence-corrected chi connectivity index (χ4v) is 5.27. The van der Waals surface area contributed by atoms with Gasteiger partial charge in [-0.25, -0.2) is 0 Å². The highest BCUT2D eigenvalue weighted by molar-refractivity contribution is 8.00. The molecule has 1 aromatic heterocycles. The highest BCUT2D eigenvalue weighted by atomic mass is 32.2. The largest absolute Gasteiger partial charge is 0.356 e. The van der Waals surface area contributed by atoms with Crippen molar-refractivity contribution in [2.24, 2.45) is 4.99 Å². The number of thioether (sulfide) groups is 1. The normalized spacial score (nSPS) is 21.4. The third-order valence-corrected chi connectivity index (χ3v) is 6.45. The molecule has 1 saturated heterocycles. The zero-order chi connectivity index (χ0) is 16.0. The van der Waals surface area contributed by atoms with Crippen LogP contribution in [0.4, 0.5) is 0 Å². The lowest BCUT2D eigenvalue weighted by Crippen LogP contribution is -2.53. The Hall–Kier alpha value is -1.23. The summed E-state index contributed by atoms with van der Waals surface area (Å²) in [6, 6.07) is 6.09. The lowest BCUT2D eigenvalue weighted by atomic mass is 9.87. The Morgan fingerprint density at radius 2 is 2.22 bits per heavy atom. The van der Waals surface area contributed by atoms with Gasteiger partial charge in [-0.1, -0.05) is 25.3 Å². The maximum absolute atomic E-state index is 4.52. The van der Waals surface area contributed by atoms with Crippen LogP contribution in [0.5, 0.6) is 0 Å². The van der Waals surface area contributed by atoms with Crippen molar-refractivity contribution in [1.29, 1.82) is 0 Å². The molecule has 3 rings (SSSR count). The quantitative estimate of drug-likeness (QED) is 0.682. The maximum Gasteiger partial charge on any atom is 0.193 e. The van der Waals surface area contributed by atoms with Crippen LogP contribution in [0.2, 0.25) is 0 Å². The van der Waals surface area contributed by atoms with Crippen molar-refractivity contribution in [3.63, 3.8) is 0 Å². The van der Waals surface area contributed by atoms with Gasteiger partial charge >= 0.3 is 0 Å². The van der Waals surface area contributed by atoms with Gasteiger partial charge in [0.1, 0.15) is 0 Å². The molecule has 4 nitrogen and oxygen atoms in total. The molecular weight excluding hydrogens is 304 g/mol. The predicted molar refractivity (Wildman–Crippen MR) is 99.1 cm³/mol. The highest BCUT2D eigenvalue weighted by Gasteiger charge is 2.38. The number of nitrogens with zero attached hydrogens (tertiary/aromatic N) is 3. The Bertz CT molecular complexity index is 506. The SMILES string of the molecule is CN=C(NCCc1ccccn1)N1CCSC2(CCCCC2)C1. The number of rotatable bonds is 3. The van der Waals surface area contributed by atoms with E-state index in [1.54, 1.807) is 0 Å². The smallest absolute Gasteiger partial charge is 0.193 e. The second-order valence-corrected chi connectivity index (χ2v) is 8.12. The summed E-state index contributed by atoms with van der Waals surface area (Å²) in [5.74, 6) is 2.28. The molecule has 2 fully saturated rings. The van der Waals surface area contributed by atoms with Crippen molar-refractivity contribution in [3.8, 4) is 0 Å². The number of hydrogen-bond donors (Lipinski definition) is 1. The van der Waals surface area contributed by atoms with E-state index in [1.165, 1.54) is 37.9 Å². The van der Waals surface area contributed by atoms with Gasteiger partial charge in [0.25, 0.3) is 0 Å². The van der Waals surface area contributed by atoms with Crippen LogP contribution in [0.3, 0.4) is 0 Å². The summed E-state index contributed by atoms with van der Waals surface area (Å²) < 4.78 is 0.481. The summed E-state index contributed by atoms with van der Waals surface area (Å²) in [7, 11) is 1.90. The zero-order valence-corrected chi connectivity index (χ0v) is 14.9. The molecule has 0 amide bonds. The summed E-state index contributed by atoms with van der Waals surface area (Å²) in [6.07, 6.45) is 9.75. The fraction of sp³-hybridized carbons (Fsp3) is 0.667. The van der Waals surface area contributed by atoms with Crippen LogP contribution >= 0.6 is 11.8 Å². The van der Waals surface area contributed by atoms with E-state index in [9.17, 15) is 0 Å². The van der Waals surface area contributed by atoms with Gasteiger partial charge in [0.15, 0.2) is 5.96 Å². The monoisotopic (exact) mass is 332 g/mol. The Morgan fingerprint density at radius 3 is 2.96 bits per heavy atom. The molecule has 0 atom stereocenters. The molecule has 23 heavy (non-hydrogen) atoms. The molecule has 1 aliphatic heterocycles. The molecule has 0 unspecified atom stereocenters. The van der Waals surface area contributed by atoms with Crippen LogP contribution in [0.15, 0.2) is 29.4 Å². The average Bonchev–Trinajstić information content (AvgIpc) is 2.60. The minimum Gasteiger partial charge on any atom is -0.356 e. The van der Waals surface area contributed by atoms with Crippen LogP contribution in [0, 0.1) is 0 Å².